The second-order valence-electron chi connectivity index (χ2n) is 4.06. The summed E-state index contributed by atoms with van der Waals surface area (Å²) in [6.45, 7) is -0.135. The first-order valence-corrected chi connectivity index (χ1v) is 6.85. The second-order valence-corrected chi connectivity index (χ2v) is 5.35. The van der Waals surface area contributed by atoms with Gasteiger partial charge in [0.2, 0.25) is 0 Å². The first-order chi connectivity index (χ1) is 9.10. The van der Waals surface area contributed by atoms with Crippen LogP contribution in [0.1, 0.15) is 11.6 Å². The molecule has 2 nitrogen and oxygen atoms in total. The number of benzene rings is 2. The van der Waals surface area contributed by atoms with Crippen LogP contribution in [0, 0.1) is 5.82 Å². The van der Waals surface area contributed by atoms with E-state index in [-0.39, 0.29) is 18.5 Å². The Bertz CT molecular complexity index is 562. The van der Waals surface area contributed by atoms with Crippen LogP contribution in [0.4, 0.5) is 10.1 Å². The summed E-state index contributed by atoms with van der Waals surface area (Å²) in [5, 5.41) is 13.2. The fourth-order valence-electron chi connectivity index (χ4n) is 1.71. The molecule has 5 heteroatoms. The minimum absolute atomic E-state index is 0.135. The van der Waals surface area contributed by atoms with Crippen molar-refractivity contribution in [2.24, 2.45) is 0 Å². The van der Waals surface area contributed by atoms with Crippen molar-refractivity contribution in [2.45, 2.75) is 6.04 Å². The van der Waals surface area contributed by atoms with Crippen LogP contribution in [0.5, 0.6) is 0 Å². The Balaban J connectivity index is 2.19. The van der Waals surface area contributed by atoms with Gasteiger partial charge in [0.05, 0.1) is 17.1 Å². The third-order valence-electron chi connectivity index (χ3n) is 2.71. The summed E-state index contributed by atoms with van der Waals surface area (Å²) >= 11 is 8.91. The fraction of sp³-hybridized carbons (Fsp3) is 0.143. The van der Waals surface area contributed by atoms with Crippen molar-refractivity contribution < 1.29 is 9.50 Å². The largest absolute Gasteiger partial charge is 0.394 e. The van der Waals surface area contributed by atoms with Crippen LogP contribution in [-0.4, -0.2) is 11.7 Å². The van der Waals surface area contributed by atoms with E-state index in [1.807, 2.05) is 0 Å². The highest BCUT2D eigenvalue weighted by atomic mass is 79.9. The first kappa shape index (κ1) is 14.3. The van der Waals surface area contributed by atoms with Crippen LogP contribution >= 0.6 is 27.5 Å². The van der Waals surface area contributed by atoms with E-state index in [1.165, 1.54) is 6.07 Å². The molecule has 2 N–H and O–H groups in total. The smallest absolute Gasteiger partial charge is 0.137 e. The molecule has 2 aromatic carbocycles. The van der Waals surface area contributed by atoms with Gasteiger partial charge in [0.25, 0.3) is 0 Å². The van der Waals surface area contributed by atoms with E-state index >= 15 is 0 Å². The molecular weight excluding hydrogens is 333 g/mol. The minimum Gasteiger partial charge on any atom is -0.394 e. The molecule has 2 rings (SSSR count). The van der Waals surface area contributed by atoms with Gasteiger partial charge in [-0.1, -0.05) is 17.7 Å². The van der Waals surface area contributed by atoms with Gasteiger partial charge in [-0.05, 0) is 57.9 Å². The van der Waals surface area contributed by atoms with Gasteiger partial charge in [-0.25, -0.2) is 4.39 Å². The number of hydrogen-bond acceptors (Lipinski definition) is 2. The molecule has 0 radical (unpaired) electrons. The lowest BCUT2D eigenvalue weighted by Crippen LogP contribution is -2.15. The second kappa shape index (κ2) is 6.37. The van der Waals surface area contributed by atoms with E-state index in [2.05, 4.69) is 21.2 Å². The molecule has 0 aliphatic heterocycles. The molecule has 0 saturated carbocycles. The molecule has 0 bridgehead atoms. The molecule has 0 heterocycles. The van der Waals surface area contributed by atoms with Gasteiger partial charge in [-0.15, -0.1) is 0 Å². The molecule has 0 fully saturated rings. The van der Waals surface area contributed by atoms with Crippen LogP contribution < -0.4 is 5.32 Å². The van der Waals surface area contributed by atoms with E-state index in [0.29, 0.717) is 15.1 Å². The molecule has 0 spiro atoms. The maximum atomic E-state index is 13.5. The van der Waals surface area contributed by atoms with Crippen molar-refractivity contribution in [3.05, 3.63) is 63.3 Å². The highest BCUT2D eigenvalue weighted by Gasteiger charge is 2.12. The highest BCUT2D eigenvalue weighted by Crippen LogP contribution is 2.24. The van der Waals surface area contributed by atoms with Crippen LogP contribution in [-0.2, 0) is 0 Å². The summed E-state index contributed by atoms with van der Waals surface area (Å²) in [5.41, 5.74) is 1.49. The standard InChI is InChI=1S/C14H12BrClFNO/c15-12-6-1-9(7-13(12)17)14(8-19)18-11-4-2-10(16)3-5-11/h1-7,14,18-19H,8H2. The third-order valence-corrected chi connectivity index (χ3v) is 3.61. The maximum absolute atomic E-state index is 13.5. The minimum atomic E-state index is -0.372. The Morgan fingerprint density at radius 1 is 1.21 bits per heavy atom. The summed E-state index contributed by atoms with van der Waals surface area (Å²) in [4.78, 5) is 0. The van der Waals surface area contributed by atoms with Gasteiger partial charge in [0.15, 0.2) is 0 Å². The monoisotopic (exact) mass is 343 g/mol. The summed E-state index contributed by atoms with van der Waals surface area (Å²) in [5.74, 6) is -0.353. The number of aliphatic hydroxyl groups excluding tert-OH is 1. The quantitative estimate of drug-likeness (QED) is 0.862. The van der Waals surface area contributed by atoms with Crippen molar-refractivity contribution in [2.75, 3.05) is 11.9 Å². The lowest BCUT2D eigenvalue weighted by atomic mass is 10.1. The van der Waals surface area contributed by atoms with Crippen molar-refractivity contribution in [1.82, 2.24) is 0 Å². The van der Waals surface area contributed by atoms with Crippen LogP contribution in [0.2, 0.25) is 5.02 Å². The van der Waals surface area contributed by atoms with Crippen molar-refractivity contribution in [3.63, 3.8) is 0 Å². The first-order valence-electron chi connectivity index (χ1n) is 5.68. The summed E-state index contributed by atoms with van der Waals surface area (Å²) in [6, 6.07) is 11.5. The molecule has 1 unspecified atom stereocenters. The molecule has 0 aromatic heterocycles. The van der Waals surface area contributed by atoms with Crippen LogP contribution in [0.25, 0.3) is 0 Å². The predicted octanol–water partition coefficient (Wildman–Crippen LogP) is 4.39. The number of halogens is 3. The average Bonchev–Trinajstić information content (AvgIpc) is 2.41. The van der Waals surface area contributed by atoms with Crippen LogP contribution in [0.15, 0.2) is 46.9 Å². The number of nitrogens with one attached hydrogen (secondary N) is 1. The Morgan fingerprint density at radius 3 is 2.47 bits per heavy atom. The normalized spacial score (nSPS) is 12.2. The van der Waals surface area contributed by atoms with Crippen LogP contribution in [0.3, 0.4) is 0 Å². The Kier molecular flexibility index (Phi) is 4.80. The zero-order chi connectivity index (χ0) is 13.8. The Hall–Kier alpha value is -1.10. The Morgan fingerprint density at radius 2 is 1.89 bits per heavy atom. The number of rotatable bonds is 4. The molecule has 19 heavy (non-hydrogen) atoms. The lowest BCUT2D eigenvalue weighted by molar-refractivity contribution is 0.276. The van der Waals surface area contributed by atoms with E-state index in [9.17, 15) is 9.50 Å². The fourth-order valence-corrected chi connectivity index (χ4v) is 2.08. The van der Waals surface area contributed by atoms with Gasteiger partial charge in [-0.3, -0.25) is 0 Å². The van der Waals surface area contributed by atoms with Gasteiger partial charge in [0, 0.05) is 10.7 Å². The molecule has 0 amide bonds. The molecule has 0 aliphatic rings. The van der Waals surface area contributed by atoms with Crippen molar-refractivity contribution >= 4 is 33.2 Å². The zero-order valence-corrected chi connectivity index (χ0v) is 12.2. The van der Waals surface area contributed by atoms with E-state index in [1.54, 1.807) is 36.4 Å². The molecule has 0 saturated heterocycles. The topological polar surface area (TPSA) is 32.3 Å². The lowest BCUT2D eigenvalue weighted by Gasteiger charge is -2.18. The number of hydrogen-bond donors (Lipinski definition) is 2. The highest BCUT2D eigenvalue weighted by molar-refractivity contribution is 9.10. The summed E-state index contributed by atoms with van der Waals surface area (Å²) < 4.78 is 13.9. The maximum Gasteiger partial charge on any atom is 0.137 e. The molecule has 1 atom stereocenters. The Labute approximate surface area is 124 Å². The molecular formula is C14H12BrClFNO. The van der Waals surface area contributed by atoms with Gasteiger partial charge < -0.3 is 10.4 Å². The van der Waals surface area contributed by atoms with Gasteiger partial charge in [0.1, 0.15) is 5.82 Å². The van der Waals surface area contributed by atoms with Crippen molar-refractivity contribution in [1.29, 1.82) is 0 Å². The summed E-state index contributed by atoms with van der Waals surface area (Å²) in [6.07, 6.45) is 0. The van der Waals surface area contributed by atoms with Gasteiger partial charge in [-0.2, -0.15) is 0 Å². The number of aliphatic hydroxyl groups is 1. The van der Waals surface area contributed by atoms with Gasteiger partial charge >= 0.3 is 0 Å². The zero-order valence-electron chi connectivity index (χ0n) is 9.91. The molecule has 0 aliphatic carbocycles. The third kappa shape index (κ3) is 3.69. The van der Waals surface area contributed by atoms with E-state index < -0.39 is 0 Å². The molecule has 100 valence electrons. The predicted molar refractivity (Wildman–Crippen MR) is 79.0 cm³/mol. The summed E-state index contributed by atoms with van der Waals surface area (Å²) in [7, 11) is 0. The SMILES string of the molecule is OCC(Nc1ccc(Cl)cc1)c1ccc(Br)c(F)c1. The van der Waals surface area contributed by atoms with Crippen molar-refractivity contribution in [3.8, 4) is 0 Å². The average molecular weight is 345 g/mol. The van der Waals surface area contributed by atoms with E-state index in [0.717, 1.165) is 5.69 Å². The van der Waals surface area contributed by atoms with E-state index in [4.69, 9.17) is 11.6 Å². The number of anilines is 1. The molecule has 2 aromatic rings.